The van der Waals surface area contributed by atoms with Crippen LogP contribution in [0.2, 0.25) is 0 Å². The van der Waals surface area contributed by atoms with Gasteiger partial charge < -0.3 is 5.11 Å². The van der Waals surface area contributed by atoms with Gasteiger partial charge in [-0.1, -0.05) is 48.5 Å². The second-order valence-corrected chi connectivity index (χ2v) is 5.78. The minimum Gasteiger partial charge on any atom is -0.388 e. The molecular formula is C19H22O. The highest BCUT2D eigenvalue weighted by Crippen LogP contribution is 2.24. The fraction of sp³-hybridized carbons (Fsp3) is 0.368. The van der Waals surface area contributed by atoms with Crippen LogP contribution in [0.1, 0.15) is 47.6 Å². The maximum absolute atomic E-state index is 10.2. The molecule has 0 spiro atoms. The number of benzene rings is 2. The highest BCUT2D eigenvalue weighted by Gasteiger charge is 2.11. The zero-order valence-electron chi connectivity index (χ0n) is 11.9. The second kappa shape index (κ2) is 6.23. The normalized spacial score (nSPS) is 15.1. The Morgan fingerprint density at radius 2 is 1.75 bits per heavy atom. The predicted molar refractivity (Wildman–Crippen MR) is 82.8 cm³/mol. The van der Waals surface area contributed by atoms with Crippen molar-refractivity contribution < 1.29 is 5.11 Å². The molecule has 1 atom stereocenters. The van der Waals surface area contributed by atoms with Crippen molar-refractivity contribution in [3.63, 3.8) is 0 Å². The van der Waals surface area contributed by atoms with Crippen LogP contribution in [-0.2, 0) is 19.3 Å². The number of aryl methyl sites for hydroxylation is 3. The summed E-state index contributed by atoms with van der Waals surface area (Å²) in [4.78, 5) is 0. The van der Waals surface area contributed by atoms with Crippen molar-refractivity contribution >= 4 is 0 Å². The third-order valence-corrected chi connectivity index (χ3v) is 4.29. The number of aliphatic hydroxyl groups excluding tert-OH is 1. The molecule has 104 valence electrons. The maximum Gasteiger partial charge on any atom is 0.0790 e. The Morgan fingerprint density at radius 3 is 2.60 bits per heavy atom. The largest absolute Gasteiger partial charge is 0.388 e. The first-order chi connectivity index (χ1) is 9.83. The van der Waals surface area contributed by atoms with E-state index in [0.717, 1.165) is 24.8 Å². The molecule has 20 heavy (non-hydrogen) atoms. The predicted octanol–water partition coefficient (Wildman–Crippen LogP) is 4.23. The Bertz CT molecular complexity index is 559. The Hall–Kier alpha value is -1.60. The highest BCUT2D eigenvalue weighted by atomic mass is 16.3. The van der Waals surface area contributed by atoms with Crippen LogP contribution in [0.5, 0.6) is 0 Å². The summed E-state index contributed by atoms with van der Waals surface area (Å²) >= 11 is 0. The molecule has 0 amide bonds. The minimum absolute atomic E-state index is 0.328. The van der Waals surface area contributed by atoms with Gasteiger partial charge in [0.1, 0.15) is 0 Å². The Labute approximate surface area is 121 Å². The number of rotatable bonds is 5. The summed E-state index contributed by atoms with van der Waals surface area (Å²) in [7, 11) is 0. The molecule has 0 aromatic heterocycles. The van der Waals surface area contributed by atoms with E-state index in [0.29, 0.717) is 0 Å². The smallest absolute Gasteiger partial charge is 0.0790 e. The van der Waals surface area contributed by atoms with Gasteiger partial charge in [0.25, 0.3) is 0 Å². The molecule has 0 radical (unpaired) electrons. The summed E-state index contributed by atoms with van der Waals surface area (Å²) in [6.07, 6.45) is 6.42. The topological polar surface area (TPSA) is 20.2 Å². The zero-order valence-corrected chi connectivity index (χ0v) is 11.9. The van der Waals surface area contributed by atoms with E-state index >= 15 is 0 Å². The highest BCUT2D eigenvalue weighted by molar-refractivity contribution is 5.35. The third-order valence-electron chi connectivity index (χ3n) is 4.29. The summed E-state index contributed by atoms with van der Waals surface area (Å²) < 4.78 is 0. The van der Waals surface area contributed by atoms with Crippen molar-refractivity contribution in [2.75, 3.05) is 0 Å². The molecule has 0 fully saturated rings. The summed E-state index contributed by atoms with van der Waals surface area (Å²) in [6, 6.07) is 16.9. The molecule has 1 heteroatoms. The zero-order chi connectivity index (χ0) is 13.8. The Balaban J connectivity index is 1.53. The third kappa shape index (κ3) is 3.10. The van der Waals surface area contributed by atoms with Crippen LogP contribution in [0, 0.1) is 0 Å². The number of hydrogen-bond acceptors (Lipinski definition) is 1. The molecule has 1 unspecified atom stereocenters. The first-order valence-corrected chi connectivity index (χ1v) is 7.66. The summed E-state index contributed by atoms with van der Waals surface area (Å²) in [6.45, 7) is 0. The van der Waals surface area contributed by atoms with Gasteiger partial charge in [0.05, 0.1) is 6.10 Å². The van der Waals surface area contributed by atoms with E-state index in [1.54, 1.807) is 5.56 Å². The van der Waals surface area contributed by atoms with E-state index in [1.165, 1.54) is 30.4 Å². The lowest BCUT2D eigenvalue weighted by molar-refractivity contribution is 0.164. The second-order valence-electron chi connectivity index (χ2n) is 5.78. The average Bonchev–Trinajstić information content (AvgIpc) is 2.95. The summed E-state index contributed by atoms with van der Waals surface area (Å²) in [5.74, 6) is 0. The number of fused-ring (bicyclic) bond motifs is 1. The average molecular weight is 266 g/mol. The SMILES string of the molecule is OC(CCCc1ccc2c(c1)CCC2)c1ccccc1. The van der Waals surface area contributed by atoms with E-state index in [4.69, 9.17) is 0 Å². The number of aliphatic hydroxyl groups is 1. The standard InChI is InChI=1S/C19H22O/c20-19(17-7-2-1-3-8-17)11-4-6-15-12-13-16-9-5-10-18(16)14-15/h1-3,7-8,12-14,19-20H,4-6,9-11H2. The number of hydrogen-bond donors (Lipinski definition) is 1. The van der Waals surface area contributed by atoms with E-state index in [2.05, 4.69) is 18.2 Å². The van der Waals surface area contributed by atoms with Gasteiger partial charge in [0, 0.05) is 0 Å². The molecule has 0 saturated heterocycles. The van der Waals surface area contributed by atoms with Crippen LogP contribution < -0.4 is 0 Å². The van der Waals surface area contributed by atoms with Crippen molar-refractivity contribution in [3.8, 4) is 0 Å². The summed E-state index contributed by atoms with van der Waals surface area (Å²) in [5, 5.41) is 10.2. The molecule has 2 aromatic rings. The van der Waals surface area contributed by atoms with Crippen LogP contribution in [0.15, 0.2) is 48.5 Å². The quantitative estimate of drug-likeness (QED) is 0.858. The van der Waals surface area contributed by atoms with E-state index in [-0.39, 0.29) is 6.10 Å². The Morgan fingerprint density at radius 1 is 0.950 bits per heavy atom. The lowest BCUT2D eigenvalue weighted by Crippen LogP contribution is -1.98. The van der Waals surface area contributed by atoms with Gasteiger partial charge >= 0.3 is 0 Å². The molecule has 3 rings (SSSR count). The molecule has 0 bridgehead atoms. The molecule has 2 aromatic carbocycles. The van der Waals surface area contributed by atoms with Crippen LogP contribution in [0.4, 0.5) is 0 Å². The fourth-order valence-electron chi connectivity index (χ4n) is 3.12. The molecule has 0 aliphatic heterocycles. The monoisotopic (exact) mass is 266 g/mol. The van der Waals surface area contributed by atoms with Crippen molar-refractivity contribution in [3.05, 3.63) is 70.8 Å². The molecule has 1 aliphatic rings. The van der Waals surface area contributed by atoms with Crippen LogP contribution >= 0.6 is 0 Å². The van der Waals surface area contributed by atoms with Crippen LogP contribution in [0.3, 0.4) is 0 Å². The molecule has 1 nitrogen and oxygen atoms in total. The van der Waals surface area contributed by atoms with Crippen molar-refractivity contribution in [2.24, 2.45) is 0 Å². The van der Waals surface area contributed by atoms with Crippen molar-refractivity contribution in [1.82, 2.24) is 0 Å². The van der Waals surface area contributed by atoms with Gasteiger partial charge in [0.15, 0.2) is 0 Å². The van der Waals surface area contributed by atoms with Crippen molar-refractivity contribution in [1.29, 1.82) is 0 Å². The van der Waals surface area contributed by atoms with Crippen LogP contribution in [0.25, 0.3) is 0 Å². The first kappa shape index (κ1) is 13.4. The molecule has 0 heterocycles. The van der Waals surface area contributed by atoms with Gasteiger partial charge in [-0.15, -0.1) is 0 Å². The lowest BCUT2D eigenvalue weighted by atomic mass is 9.99. The first-order valence-electron chi connectivity index (χ1n) is 7.66. The van der Waals surface area contributed by atoms with Gasteiger partial charge in [-0.3, -0.25) is 0 Å². The molecular weight excluding hydrogens is 244 g/mol. The van der Waals surface area contributed by atoms with Gasteiger partial charge in [-0.05, 0) is 60.8 Å². The fourth-order valence-corrected chi connectivity index (χ4v) is 3.12. The van der Waals surface area contributed by atoms with E-state index in [1.807, 2.05) is 30.3 Å². The van der Waals surface area contributed by atoms with Gasteiger partial charge in [-0.25, -0.2) is 0 Å². The maximum atomic E-state index is 10.2. The van der Waals surface area contributed by atoms with Gasteiger partial charge in [0.2, 0.25) is 0 Å². The lowest BCUT2D eigenvalue weighted by Gasteiger charge is -2.11. The van der Waals surface area contributed by atoms with Crippen molar-refractivity contribution in [2.45, 2.75) is 44.6 Å². The Kier molecular flexibility index (Phi) is 4.17. The molecule has 1 N–H and O–H groups in total. The molecule has 1 aliphatic carbocycles. The van der Waals surface area contributed by atoms with Crippen LogP contribution in [-0.4, -0.2) is 5.11 Å². The van der Waals surface area contributed by atoms with E-state index in [9.17, 15) is 5.11 Å². The summed E-state index contributed by atoms with van der Waals surface area (Å²) in [5.41, 5.74) is 5.54. The minimum atomic E-state index is -0.328. The van der Waals surface area contributed by atoms with E-state index < -0.39 is 0 Å². The molecule has 0 saturated carbocycles. The van der Waals surface area contributed by atoms with Gasteiger partial charge in [-0.2, -0.15) is 0 Å².